The van der Waals surface area contributed by atoms with Crippen LogP contribution in [0.25, 0.3) is 0 Å². The fourth-order valence-electron chi connectivity index (χ4n) is 2.68. The van der Waals surface area contributed by atoms with E-state index in [1.54, 1.807) is 6.92 Å². The lowest BCUT2D eigenvalue weighted by Crippen LogP contribution is -2.39. The van der Waals surface area contributed by atoms with Crippen molar-refractivity contribution >= 4 is 5.97 Å². The van der Waals surface area contributed by atoms with Gasteiger partial charge in [0.05, 0.1) is 0 Å². The first-order valence-corrected chi connectivity index (χ1v) is 6.95. The smallest absolute Gasteiger partial charge is 0.363 e. The van der Waals surface area contributed by atoms with Crippen LogP contribution in [0.2, 0.25) is 0 Å². The molecule has 18 heavy (non-hydrogen) atoms. The van der Waals surface area contributed by atoms with Gasteiger partial charge in [0, 0.05) is 6.61 Å². The zero-order valence-corrected chi connectivity index (χ0v) is 11.9. The van der Waals surface area contributed by atoms with Crippen LogP contribution < -0.4 is 0 Å². The second-order valence-corrected chi connectivity index (χ2v) is 5.61. The monoisotopic (exact) mass is 258 g/mol. The quantitative estimate of drug-likeness (QED) is 0.607. The maximum absolute atomic E-state index is 11.7. The molecule has 4 nitrogen and oxygen atoms in total. The minimum atomic E-state index is -1.44. The number of esters is 1. The number of ether oxygens (including phenoxy) is 2. The van der Waals surface area contributed by atoms with Gasteiger partial charge in [-0.1, -0.05) is 27.2 Å². The first kappa shape index (κ1) is 15.4. The lowest BCUT2D eigenvalue weighted by atomic mass is 9.75. The highest BCUT2D eigenvalue weighted by Crippen LogP contribution is 2.35. The Morgan fingerprint density at radius 1 is 1.39 bits per heavy atom. The number of carbonyl (C=O) groups is 1. The maximum Gasteiger partial charge on any atom is 0.363 e. The van der Waals surface area contributed by atoms with E-state index in [1.165, 1.54) is 6.42 Å². The summed E-state index contributed by atoms with van der Waals surface area (Å²) in [6.45, 7) is 8.51. The van der Waals surface area contributed by atoms with Gasteiger partial charge in [-0.15, -0.1) is 0 Å². The van der Waals surface area contributed by atoms with Crippen molar-refractivity contribution in [2.24, 2.45) is 17.8 Å². The molecule has 0 amide bonds. The summed E-state index contributed by atoms with van der Waals surface area (Å²) in [5.41, 5.74) is 0. The molecule has 0 unspecified atom stereocenters. The van der Waals surface area contributed by atoms with Crippen LogP contribution in [-0.2, 0) is 14.3 Å². The molecular weight excluding hydrogens is 232 g/mol. The van der Waals surface area contributed by atoms with Gasteiger partial charge in [0.2, 0.25) is 0 Å². The van der Waals surface area contributed by atoms with Gasteiger partial charge in [0.15, 0.2) is 0 Å². The Labute approximate surface area is 110 Å². The molecule has 1 fully saturated rings. The molecule has 0 heterocycles. The van der Waals surface area contributed by atoms with Crippen LogP contribution in [0.15, 0.2) is 0 Å². The maximum atomic E-state index is 11.7. The van der Waals surface area contributed by atoms with Gasteiger partial charge in [-0.25, -0.2) is 4.79 Å². The molecule has 4 heteroatoms. The molecule has 0 bridgehead atoms. The van der Waals surface area contributed by atoms with Crippen LogP contribution in [0.4, 0.5) is 0 Å². The molecule has 0 aromatic rings. The van der Waals surface area contributed by atoms with Crippen LogP contribution in [0.3, 0.4) is 0 Å². The first-order valence-electron chi connectivity index (χ1n) is 6.95. The van der Waals surface area contributed by atoms with Crippen molar-refractivity contribution in [3.63, 3.8) is 0 Å². The van der Waals surface area contributed by atoms with Gasteiger partial charge in [-0.05, 0) is 37.5 Å². The summed E-state index contributed by atoms with van der Waals surface area (Å²) in [6, 6.07) is 0. The highest BCUT2D eigenvalue weighted by molar-refractivity contribution is 5.73. The second-order valence-electron chi connectivity index (χ2n) is 5.61. The molecule has 4 atom stereocenters. The Hall–Kier alpha value is -0.610. The number of carbonyl (C=O) groups excluding carboxylic acids is 1. The molecule has 1 aliphatic carbocycles. The molecule has 0 aliphatic heterocycles. The molecule has 1 rings (SSSR count). The zero-order valence-electron chi connectivity index (χ0n) is 11.9. The molecule has 0 saturated heterocycles. The molecule has 0 aromatic heterocycles. The largest absolute Gasteiger partial charge is 0.458 e. The Morgan fingerprint density at radius 3 is 2.61 bits per heavy atom. The van der Waals surface area contributed by atoms with Crippen molar-refractivity contribution < 1.29 is 19.4 Å². The van der Waals surface area contributed by atoms with Crippen LogP contribution >= 0.6 is 0 Å². The third kappa shape index (κ3) is 4.25. The van der Waals surface area contributed by atoms with Crippen molar-refractivity contribution in [1.82, 2.24) is 0 Å². The Kier molecular flexibility index (Phi) is 6.09. The van der Waals surface area contributed by atoms with E-state index < -0.39 is 12.3 Å². The molecular formula is C14H26O4. The molecule has 0 aromatic carbocycles. The van der Waals surface area contributed by atoms with E-state index in [2.05, 4.69) is 20.8 Å². The van der Waals surface area contributed by atoms with Gasteiger partial charge in [-0.2, -0.15) is 0 Å². The number of hydrogen-bond donors (Lipinski definition) is 1. The number of rotatable bonds is 5. The van der Waals surface area contributed by atoms with Crippen molar-refractivity contribution in [3.05, 3.63) is 0 Å². The minimum absolute atomic E-state index is 0.0867. The average molecular weight is 258 g/mol. The third-order valence-electron chi connectivity index (χ3n) is 3.76. The van der Waals surface area contributed by atoms with Crippen LogP contribution in [-0.4, -0.2) is 30.1 Å². The van der Waals surface area contributed by atoms with Crippen molar-refractivity contribution in [3.8, 4) is 0 Å². The Balaban J connectivity index is 2.57. The fourth-order valence-corrected chi connectivity index (χ4v) is 2.68. The van der Waals surface area contributed by atoms with Crippen LogP contribution in [0.1, 0.15) is 47.0 Å². The highest BCUT2D eigenvalue weighted by atomic mass is 16.7. The standard InChI is InChI=1S/C14H26O4/c1-5-17-13(15)14(16)18-12-8-10(4)6-7-11(12)9(2)3/h9-13,15H,5-8H2,1-4H3/t10-,11+,12-,13-/m1/s1. The molecule has 0 spiro atoms. The van der Waals surface area contributed by atoms with E-state index in [1.807, 2.05) is 0 Å². The molecule has 1 aliphatic rings. The van der Waals surface area contributed by atoms with Gasteiger partial charge in [0.25, 0.3) is 6.29 Å². The van der Waals surface area contributed by atoms with E-state index in [0.717, 1.165) is 12.8 Å². The van der Waals surface area contributed by atoms with Gasteiger partial charge in [-0.3, -0.25) is 0 Å². The number of aliphatic hydroxyl groups is 1. The second kappa shape index (κ2) is 7.10. The number of aliphatic hydroxyl groups excluding tert-OH is 1. The number of hydrogen-bond acceptors (Lipinski definition) is 4. The van der Waals surface area contributed by atoms with E-state index in [0.29, 0.717) is 24.4 Å². The minimum Gasteiger partial charge on any atom is -0.458 e. The molecule has 0 radical (unpaired) electrons. The van der Waals surface area contributed by atoms with E-state index in [4.69, 9.17) is 9.47 Å². The van der Waals surface area contributed by atoms with E-state index in [9.17, 15) is 9.90 Å². The average Bonchev–Trinajstić information content (AvgIpc) is 2.28. The fraction of sp³-hybridized carbons (Fsp3) is 0.929. The van der Waals surface area contributed by atoms with Crippen molar-refractivity contribution in [2.45, 2.75) is 59.4 Å². The van der Waals surface area contributed by atoms with Crippen molar-refractivity contribution in [1.29, 1.82) is 0 Å². The van der Waals surface area contributed by atoms with Gasteiger partial charge >= 0.3 is 5.97 Å². The highest BCUT2D eigenvalue weighted by Gasteiger charge is 2.34. The summed E-state index contributed by atoms with van der Waals surface area (Å²) in [4.78, 5) is 11.7. The van der Waals surface area contributed by atoms with Crippen LogP contribution in [0.5, 0.6) is 0 Å². The normalized spacial score (nSPS) is 30.2. The summed E-state index contributed by atoms with van der Waals surface area (Å²) in [5.74, 6) is 0.794. The predicted octanol–water partition coefficient (Wildman–Crippen LogP) is 2.35. The topological polar surface area (TPSA) is 55.8 Å². The summed E-state index contributed by atoms with van der Waals surface area (Å²) < 4.78 is 10.3. The Bertz CT molecular complexity index is 265. The summed E-state index contributed by atoms with van der Waals surface area (Å²) in [5, 5.41) is 9.44. The summed E-state index contributed by atoms with van der Waals surface area (Å²) >= 11 is 0. The predicted molar refractivity (Wildman–Crippen MR) is 68.9 cm³/mol. The molecule has 106 valence electrons. The van der Waals surface area contributed by atoms with Crippen LogP contribution in [0, 0.1) is 17.8 Å². The van der Waals surface area contributed by atoms with Gasteiger partial charge < -0.3 is 14.6 Å². The van der Waals surface area contributed by atoms with Crippen molar-refractivity contribution in [2.75, 3.05) is 6.61 Å². The van der Waals surface area contributed by atoms with Gasteiger partial charge in [0.1, 0.15) is 6.10 Å². The zero-order chi connectivity index (χ0) is 13.7. The lowest BCUT2D eigenvalue weighted by Gasteiger charge is -2.36. The Morgan fingerprint density at radius 2 is 2.06 bits per heavy atom. The molecule has 1 saturated carbocycles. The summed E-state index contributed by atoms with van der Waals surface area (Å²) in [6.07, 6.45) is 1.62. The lowest BCUT2D eigenvalue weighted by molar-refractivity contribution is -0.193. The molecule has 1 N–H and O–H groups in total. The first-order chi connectivity index (χ1) is 8.45. The SMILES string of the molecule is CCO[C@@H](O)C(=O)O[C@@H]1C[C@H](C)CC[C@H]1C(C)C. The van der Waals surface area contributed by atoms with E-state index in [-0.39, 0.29) is 6.10 Å². The third-order valence-corrected chi connectivity index (χ3v) is 3.76. The van der Waals surface area contributed by atoms with E-state index >= 15 is 0 Å². The summed E-state index contributed by atoms with van der Waals surface area (Å²) in [7, 11) is 0.